The van der Waals surface area contributed by atoms with Crippen molar-refractivity contribution in [1.82, 2.24) is 5.32 Å². The van der Waals surface area contributed by atoms with E-state index < -0.39 is 53.6 Å². The molecular weight excluding hydrogens is 509 g/mol. The molecule has 6 nitrogen and oxygen atoms in total. The zero-order chi connectivity index (χ0) is 27.2. The van der Waals surface area contributed by atoms with Gasteiger partial charge in [-0.2, -0.15) is 26.3 Å². The quantitative estimate of drug-likeness (QED) is 0.311. The molecule has 37 heavy (non-hydrogen) atoms. The molecule has 3 rings (SSSR count). The normalized spacial score (nSPS) is 11.5. The molecule has 13 heteroatoms. The zero-order valence-electron chi connectivity index (χ0n) is 18.8. The molecule has 0 saturated carbocycles. The van der Waals surface area contributed by atoms with Gasteiger partial charge in [0.15, 0.2) is 0 Å². The summed E-state index contributed by atoms with van der Waals surface area (Å²) >= 11 is 0. The van der Waals surface area contributed by atoms with E-state index in [9.17, 15) is 40.3 Å². The molecule has 0 fully saturated rings. The lowest BCUT2D eigenvalue weighted by molar-refractivity contribution is -0.138. The lowest BCUT2D eigenvalue weighted by atomic mass is 10.1. The van der Waals surface area contributed by atoms with Crippen LogP contribution in [-0.4, -0.2) is 25.2 Å². The Hall–Kier alpha value is -4.29. The number of carbonyl (C=O) groups excluding carboxylic acids is 2. The van der Waals surface area contributed by atoms with Crippen LogP contribution in [0.4, 0.5) is 57.4 Å². The number of hydrogen-bond acceptors (Lipinski definition) is 2. The molecule has 0 heterocycles. The molecule has 0 atom stereocenters. The highest BCUT2D eigenvalue weighted by Gasteiger charge is 2.34. The van der Waals surface area contributed by atoms with Gasteiger partial charge in [0.1, 0.15) is 5.82 Å². The minimum Gasteiger partial charge on any atom is -0.336 e. The first-order chi connectivity index (χ1) is 17.4. The summed E-state index contributed by atoms with van der Waals surface area (Å²) in [4.78, 5) is 25.9. The van der Waals surface area contributed by atoms with Gasteiger partial charge < -0.3 is 16.0 Å². The maximum Gasteiger partial charge on any atom is 0.418 e. The molecule has 0 aliphatic rings. The Morgan fingerprint density at radius 2 is 1.41 bits per heavy atom. The number of urea groups is 2. The molecule has 0 aromatic heterocycles. The number of halogens is 7. The molecule has 0 radical (unpaired) electrons. The number of nitrogens with zero attached hydrogens (tertiary/aromatic N) is 1. The predicted molar refractivity (Wildman–Crippen MR) is 123 cm³/mol. The third kappa shape index (κ3) is 7.35. The maximum atomic E-state index is 14.0. The Bertz CT molecular complexity index is 1260. The largest absolute Gasteiger partial charge is 0.418 e. The number of hydrogen-bond donors (Lipinski definition) is 3. The molecule has 3 aromatic carbocycles. The molecular formula is C24H19F7N4O2. The van der Waals surface area contributed by atoms with Crippen molar-refractivity contribution in [3.05, 3.63) is 89.7 Å². The first kappa shape index (κ1) is 27.3. The summed E-state index contributed by atoms with van der Waals surface area (Å²) in [7, 11) is 0. The van der Waals surface area contributed by atoms with Gasteiger partial charge in [-0.15, -0.1) is 0 Å². The van der Waals surface area contributed by atoms with Gasteiger partial charge in [-0.3, -0.25) is 4.90 Å². The number of rotatable bonds is 6. The Kier molecular flexibility index (Phi) is 8.25. The van der Waals surface area contributed by atoms with E-state index in [2.05, 4.69) is 10.6 Å². The van der Waals surface area contributed by atoms with Crippen molar-refractivity contribution >= 4 is 29.1 Å². The van der Waals surface area contributed by atoms with Crippen molar-refractivity contribution in [2.24, 2.45) is 0 Å². The second kappa shape index (κ2) is 11.2. The highest BCUT2D eigenvalue weighted by atomic mass is 19.4. The summed E-state index contributed by atoms with van der Waals surface area (Å²) in [5.41, 5.74) is -3.10. The fourth-order valence-electron chi connectivity index (χ4n) is 3.23. The Balaban J connectivity index is 1.76. The lowest BCUT2D eigenvalue weighted by Gasteiger charge is -2.24. The molecule has 0 saturated heterocycles. The molecule has 3 N–H and O–H groups in total. The number of benzene rings is 3. The van der Waals surface area contributed by atoms with E-state index in [1.807, 2.05) is 5.32 Å². The van der Waals surface area contributed by atoms with E-state index in [0.717, 1.165) is 41.3 Å². The van der Waals surface area contributed by atoms with Gasteiger partial charge in [0.25, 0.3) is 0 Å². The number of anilines is 3. The molecule has 3 aromatic rings. The third-order valence-electron chi connectivity index (χ3n) is 4.95. The highest BCUT2D eigenvalue weighted by Crippen LogP contribution is 2.34. The average Bonchev–Trinajstić information content (AvgIpc) is 2.82. The van der Waals surface area contributed by atoms with E-state index in [1.165, 1.54) is 30.3 Å². The van der Waals surface area contributed by atoms with Gasteiger partial charge in [0.2, 0.25) is 0 Å². The summed E-state index contributed by atoms with van der Waals surface area (Å²) in [6, 6.07) is 11.1. The van der Waals surface area contributed by atoms with Gasteiger partial charge in [-0.1, -0.05) is 30.3 Å². The van der Waals surface area contributed by atoms with Gasteiger partial charge in [0, 0.05) is 18.8 Å². The molecule has 0 aliphatic heterocycles. The Labute approximate surface area is 206 Å². The third-order valence-corrected chi connectivity index (χ3v) is 4.95. The van der Waals surface area contributed by atoms with Crippen molar-refractivity contribution in [1.29, 1.82) is 0 Å². The van der Waals surface area contributed by atoms with Crippen LogP contribution in [0.2, 0.25) is 0 Å². The minimum atomic E-state index is -4.73. The summed E-state index contributed by atoms with van der Waals surface area (Å²) in [6.07, 6.45) is -9.44. The molecule has 4 amide bonds. The molecule has 0 unspecified atom stereocenters. The van der Waals surface area contributed by atoms with Gasteiger partial charge in [0.05, 0.1) is 22.5 Å². The van der Waals surface area contributed by atoms with Crippen LogP contribution in [0.3, 0.4) is 0 Å². The molecule has 0 aliphatic carbocycles. The van der Waals surface area contributed by atoms with Crippen molar-refractivity contribution in [2.75, 3.05) is 28.6 Å². The number of amides is 4. The van der Waals surface area contributed by atoms with Crippen LogP contribution in [0.15, 0.2) is 72.8 Å². The monoisotopic (exact) mass is 528 g/mol. The van der Waals surface area contributed by atoms with Crippen LogP contribution >= 0.6 is 0 Å². The second-order valence-corrected chi connectivity index (χ2v) is 7.53. The fraction of sp³-hybridized carbons (Fsp3) is 0.167. The lowest BCUT2D eigenvalue weighted by Crippen LogP contribution is -2.42. The van der Waals surface area contributed by atoms with Gasteiger partial charge in [-0.25, -0.2) is 14.0 Å². The van der Waals surface area contributed by atoms with Crippen LogP contribution in [0.5, 0.6) is 0 Å². The second-order valence-electron chi connectivity index (χ2n) is 7.53. The fourth-order valence-corrected chi connectivity index (χ4v) is 3.23. The summed E-state index contributed by atoms with van der Waals surface area (Å²) in [5, 5.41) is 6.54. The van der Waals surface area contributed by atoms with Crippen molar-refractivity contribution < 1.29 is 40.3 Å². The number of alkyl halides is 6. The van der Waals surface area contributed by atoms with Crippen molar-refractivity contribution in [3.8, 4) is 0 Å². The first-order valence-electron chi connectivity index (χ1n) is 10.6. The van der Waals surface area contributed by atoms with Crippen LogP contribution in [0.1, 0.15) is 11.1 Å². The van der Waals surface area contributed by atoms with Gasteiger partial charge in [-0.05, 0) is 42.5 Å². The zero-order valence-corrected chi connectivity index (χ0v) is 18.8. The van der Waals surface area contributed by atoms with Crippen LogP contribution < -0.4 is 20.9 Å². The van der Waals surface area contributed by atoms with Crippen LogP contribution in [0, 0.1) is 5.82 Å². The maximum absolute atomic E-state index is 14.0. The highest BCUT2D eigenvalue weighted by molar-refractivity contribution is 6.02. The van der Waals surface area contributed by atoms with Crippen LogP contribution in [0.25, 0.3) is 0 Å². The van der Waals surface area contributed by atoms with Crippen molar-refractivity contribution in [2.45, 2.75) is 12.4 Å². The Morgan fingerprint density at radius 3 is 2.05 bits per heavy atom. The minimum absolute atomic E-state index is 0.215. The summed E-state index contributed by atoms with van der Waals surface area (Å²) < 4.78 is 93.0. The number of nitrogens with one attached hydrogen (secondary N) is 3. The number of para-hydroxylation sites is 2. The van der Waals surface area contributed by atoms with E-state index in [1.54, 1.807) is 0 Å². The number of carbonyl (C=O) groups is 2. The first-order valence-corrected chi connectivity index (χ1v) is 10.6. The Morgan fingerprint density at radius 1 is 0.757 bits per heavy atom. The standard InChI is InChI=1S/C24H19F7N4O2/c25-18-9-2-4-11-20(18)34-22(37)35(16-7-5-6-15(14-16)23(26,27)28)13-12-32-21(36)33-19-10-3-1-8-17(19)24(29,30)31/h1-11,14H,12-13H2,(H,34,37)(H2,32,33,36). The smallest absolute Gasteiger partial charge is 0.336 e. The van der Waals surface area contributed by atoms with E-state index in [4.69, 9.17) is 0 Å². The molecule has 0 spiro atoms. The van der Waals surface area contributed by atoms with Crippen LogP contribution in [-0.2, 0) is 12.4 Å². The molecule has 196 valence electrons. The SMILES string of the molecule is O=C(NCCN(C(=O)Nc1ccccc1F)c1cccc(C(F)(F)F)c1)Nc1ccccc1C(F)(F)F. The van der Waals surface area contributed by atoms with E-state index in [0.29, 0.717) is 6.07 Å². The summed E-state index contributed by atoms with van der Waals surface area (Å²) in [5.74, 6) is -0.791. The predicted octanol–water partition coefficient (Wildman–Crippen LogP) is 6.72. The molecule has 0 bridgehead atoms. The average molecular weight is 528 g/mol. The van der Waals surface area contributed by atoms with Gasteiger partial charge >= 0.3 is 24.4 Å². The van der Waals surface area contributed by atoms with Crippen molar-refractivity contribution in [3.63, 3.8) is 0 Å². The van der Waals surface area contributed by atoms with E-state index >= 15 is 0 Å². The van der Waals surface area contributed by atoms with E-state index in [-0.39, 0.29) is 17.9 Å². The summed E-state index contributed by atoms with van der Waals surface area (Å²) in [6.45, 7) is -0.781. The topological polar surface area (TPSA) is 73.5 Å².